The third-order valence-electron chi connectivity index (χ3n) is 2.17. The van der Waals surface area contributed by atoms with Crippen molar-refractivity contribution in [3.05, 3.63) is 49.1 Å². The zero-order chi connectivity index (χ0) is 11.2. The minimum absolute atomic E-state index is 0.280. The Balaban J connectivity index is 1.78. The monoisotopic (exact) mass is 218 g/mol. The van der Waals surface area contributed by atoms with Crippen molar-refractivity contribution in [2.24, 2.45) is 0 Å². The van der Waals surface area contributed by atoms with Gasteiger partial charge in [0.15, 0.2) is 0 Å². The smallest absolute Gasteiger partial charge is 0.119 e. The van der Waals surface area contributed by atoms with Crippen molar-refractivity contribution in [1.82, 2.24) is 9.55 Å². The lowest BCUT2D eigenvalue weighted by molar-refractivity contribution is 0.0925. The van der Waals surface area contributed by atoms with Crippen molar-refractivity contribution in [3.8, 4) is 5.75 Å². The molecule has 2 rings (SSSR count). The van der Waals surface area contributed by atoms with Gasteiger partial charge in [-0.05, 0) is 12.1 Å². The summed E-state index contributed by atoms with van der Waals surface area (Å²) in [5, 5.41) is 9.71. The van der Waals surface area contributed by atoms with E-state index in [2.05, 4.69) is 4.98 Å². The van der Waals surface area contributed by atoms with E-state index >= 15 is 0 Å². The van der Waals surface area contributed by atoms with Crippen molar-refractivity contribution >= 4 is 0 Å². The fraction of sp³-hybridized carbons (Fsp3) is 0.250. The molecule has 0 amide bonds. The molecule has 2 aromatic rings. The van der Waals surface area contributed by atoms with Crippen LogP contribution in [0.25, 0.3) is 0 Å². The number of para-hydroxylation sites is 1. The average molecular weight is 218 g/mol. The van der Waals surface area contributed by atoms with Crippen LogP contribution in [0.15, 0.2) is 49.1 Å². The van der Waals surface area contributed by atoms with E-state index < -0.39 is 6.10 Å². The lowest BCUT2D eigenvalue weighted by Gasteiger charge is -2.12. The van der Waals surface area contributed by atoms with Gasteiger partial charge in [0.2, 0.25) is 0 Å². The van der Waals surface area contributed by atoms with E-state index in [4.69, 9.17) is 4.74 Å². The molecule has 1 atom stereocenters. The lowest BCUT2D eigenvalue weighted by atomic mass is 10.3. The standard InChI is InChI=1S/C12H14N2O2/c15-11(8-14-7-6-13-10-14)9-16-12-4-2-1-3-5-12/h1-7,10-11,15H,8-9H2/t11-/m1/s1. The molecule has 4 heteroatoms. The van der Waals surface area contributed by atoms with Crippen molar-refractivity contribution in [3.63, 3.8) is 0 Å². The van der Waals surface area contributed by atoms with Crippen LogP contribution >= 0.6 is 0 Å². The van der Waals surface area contributed by atoms with E-state index in [9.17, 15) is 5.11 Å². The number of benzene rings is 1. The molecule has 1 aromatic carbocycles. The number of aromatic nitrogens is 2. The van der Waals surface area contributed by atoms with Crippen molar-refractivity contribution in [2.45, 2.75) is 12.6 Å². The topological polar surface area (TPSA) is 47.3 Å². The normalized spacial score (nSPS) is 12.3. The zero-order valence-corrected chi connectivity index (χ0v) is 8.86. The van der Waals surface area contributed by atoms with Crippen LogP contribution < -0.4 is 4.74 Å². The number of imidazole rings is 1. The SMILES string of the molecule is O[C@@H](COc1ccccc1)Cn1ccnc1. The highest BCUT2D eigenvalue weighted by Gasteiger charge is 2.05. The fourth-order valence-electron chi connectivity index (χ4n) is 1.40. The fourth-order valence-corrected chi connectivity index (χ4v) is 1.40. The summed E-state index contributed by atoms with van der Waals surface area (Å²) in [5.74, 6) is 0.771. The van der Waals surface area contributed by atoms with Crippen molar-refractivity contribution < 1.29 is 9.84 Å². The Morgan fingerprint density at radius 3 is 2.81 bits per heavy atom. The summed E-state index contributed by atoms with van der Waals surface area (Å²) in [6, 6.07) is 9.46. The van der Waals surface area contributed by atoms with E-state index in [1.807, 2.05) is 41.1 Å². The van der Waals surface area contributed by atoms with E-state index in [1.54, 1.807) is 12.5 Å². The highest BCUT2D eigenvalue weighted by Crippen LogP contribution is 2.08. The van der Waals surface area contributed by atoms with Crippen molar-refractivity contribution in [1.29, 1.82) is 0 Å². The van der Waals surface area contributed by atoms with Gasteiger partial charge in [-0.3, -0.25) is 0 Å². The average Bonchev–Trinajstić information content (AvgIpc) is 2.81. The number of ether oxygens (including phenoxy) is 1. The molecule has 0 aliphatic heterocycles. The first-order chi connectivity index (χ1) is 7.84. The van der Waals surface area contributed by atoms with Gasteiger partial charge in [-0.2, -0.15) is 0 Å². The molecule has 84 valence electrons. The van der Waals surface area contributed by atoms with Crippen LogP contribution in [0.4, 0.5) is 0 Å². The molecular formula is C12H14N2O2. The molecule has 0 aliphatic rings. The molecule has 0 bridgehead atoms. The predicted octanol–water partition coefficient (Wildman–Crippen LogP) is 1.32. The Morgan fingerprint density at radius 2 is 2.12 bits per heavy atom. The van der Waals surface area contributed by atoms with Gasteiger partial charge in [0.1, 0.15) is 18.5 Å². The molecule has 0 saturated heterocycles. The highest BCUT2D eigenvalue weighted by molar-refractivity contribution is 5.20. The summed E-state index contributed by atoms with van der Waals surface area (Å²) >= 11 is 0. The number of nitrogens with zero attached hydrogens (tertiary/aromatic N) is 2. The van der Waals surface area contributed by atoms with E-state index in [1.165, 1.54) is 0 Å². The molecule has 4 nitrogen and oxygen atoms in total. The van der Waals surface area contributed by atoms with Crippen LogP contribution in [0.3, 0.4) is 0 Å². The van der Waals surface area contributed by atoms with E-state index in [0.717, 1.165) is 5.75 Å². The van der Waals surface area contributed by atoms with Gasteiger partial charge in [0, 0.05) is 12.4 Å². The Bertz CT molecular complexity index is 400. The van der Waals surface area contributed by atoms with Crippen LogP contribution in [0.5, 0.6) is 5.75 Å². The Hall–Kier alpha value is -1.81. The third-order valence-corrected chi connectivity index (χ3v) is 2.17. The molecule has 0 spiro atoms. The minimum atomic E-state index is -0.533. The van der Waals surface area contributed by atoms with Gasteiger partial charge < -0.3 is 14.4 Å². The van der Waals surface area contributed by atoms with Crippen molar-refractivity contribution in [2.75, 3.05) is 6.61 Å². The molecule has 1 N–H and O–H groups in total. The summed E-state index contributed by atoms with van der Waals surface area (Å²) in [5.41, 5.74) is 0. The molecular weight excluding hydrogens is 204 g/mol. The Morgan fingerprint density at radius 1 is 1.31 bits per heavy atom. The summed E-state index contributed by atoms with van der Waals surface area (Å²) in [6.45, 7) is 0.773. The maximum Gasteiger partial charge on any atom is 0.119 e. The first-order valence-electron chi connectivity index (χ1n) is 5.16. The van der Waals surface area contributed by atoms with Gasteiger partial charge >= 0.3 is 0 Å². The molecule has 0 aliphatic carbocycles. The molecule has 0 fully saturated rings. The quantitative estimate of drug-likeness (QED) is 0.823. The van der Waals surface area contributed by atoms with Crippen LogP contribution in [-0.2, 0) is 6.54 Å². The lowest BCUT2D eigenvalue weighted by Crippen LogP contribution is -2.22. The number of aliphatic hydroxyl groups excluding tert-OH is 1. The largest absolute Gasteiger partial charge is 0.491 e. The highest BCUT2D eigenvalue weighted by atomic mass is 16.5. The first-order valence-corrected chi connectivity index (χ1v) is 5.16. The molecule has 1 aromatic heterocycles. The number of rotatable bonds is 5. The number of hydrogen-bond donors (Lipinski definition) is 1. The van der Waals surface area contributed by atoms with Gasteiger partial charge in [0.05, 0.1) is 12.9 Å². The minimum Gasteiger partial charge on any atom is -0.491 e. The second kappa shape index (κ2) is 5.32. The third kappa shape index (κ3) is 3.10. The summed E-state index contributed by atoms with van der Waals surface area (Å²) < 4.78 is 7.25. The van der Waals surface area contributed by atoms with Gasteiger partial charge in [-0.1, -0.05) is 18.2 Å². The van der Waals surface area contributed by atoms with Crippen LogP contribution in [0.1, 0.15) is 0 Å². The molecule has 0 radical (unpaired) electrons. The maximum atomic E-state index is 9.71. The Kier molecular flexibility index (Phi) is 3.56. The number of aliphatic hydroxyl groups is 1. The summed E-state index contributed by atoms with van der Waals surface area (Å²) in [7, 11) is 0. The molecule has 1 heterocycles. The molecule has 16 heavy (non-hydrogen) atoms. The zero-order valence-electron chi connectivity index (χ0n) is 8.86. The van der Waals surface area contributed by atoms with Crippen LogP contribution in [-0.4, -0.2) is 27.4 Å². The van der Waals surface area contributed by atoms with E-state index in [-0.39, 0.29) is 6.61 Å². The van der Waals surface area contributed by atoms with Gasteiger partial charge in [-0.15, -0.1) is 0 Å². The van der Waals surface area contributed by atoms with Gasteiger partial charge in [0.25, 0.3) is 0 Å². The van der Waals surface area contributed by atoms with Gasteiger partial charge in [-0.25, -0.2) is 4.98 Å². The molecule has 0 unspecified atom stereocenters. The predicted molar refractivity (Wildman–Crippen MR) is 60.2 cm³/mol. The van der Waals surface area contributed by atoms with Crippen LogP contribution in [0, 0.1) is 0 Å². The Labute approximate surface area is 94.1 Å². The molecule has 0 saturated carbocycles. The second-order valence-corrected chi connectivity index (χ2v) is 3.54. The number of hydrogen-bond acceptors (Lipinski definition) is 3. The maximum absolute atomic E-state index is 9.71. The second-order valence-electron chi connectivity index (χ2n) is 3.54. The van der Waals surface area contributed by atoms with E-state index in [0.29, 0.717) is 6.54 Å². The van der Waals surface area contributed by atoms with Crippen LogP contribution in [0.2, 0.25) is 0 Å². The first kappa shape index (κ1) is 10.7. The summed E-state index contributed by atoms with van der Waals surface area (Å²) in [6.07, 6.45) is 4.64. The summed E-state index contributed by atoms with van der Waals surface area (Å²) in [4.78, 5) is 3.90.